The standard InChI is InChI=1S/C22H26Cl2N2O/c1-15(2)16-8-10-18(11-9-16)25-22(27)17-5-4-12-26(13-17)14-19-20(23)6-3-7-21(19)24/h3,6-11,15,17H,4-5,12-14H2,1-2H3,(H,25,27)/t17-/m1/s1. The summed E-state index contributed by atoms with van der Waals surface area (Å²) in [7, 11) is 0. The fraction of sp³-hybridized carbons (Fsp3) is 0.409. The summed E-state index contributed by atoms with van der Waals surface area (Å²) in [6, 6.07) is 13.7. The largest absolute Gasteiger partial charge is 0.326 e. The third-order valence-corrected chi connectivity index (χ3v) is 5.87. The zero-order valence-corrected chi connectivity index (χ0v) is 17.4. The first-order valence-electron chi connectivity index (χ1n) is 9.50. The highest BCUT2D eigenvalue weighted by molar-refractivity contribution is 6.35. The number of carbonyl (C=O) groups is 1. The molecule has 1 heterocycles. The summed E-state index contributed by atoms with van der Waals surface area (Å²) < 4.78 is 0. The van der Waals surface area contributed by atoms with E-state index in [2.05, 4.69) is 36.2 Å². The maximum absolute atomic E-state index is 12.7. The van der Waals surface area contributed by atoms with E-state index < -0.39 is 0 Å². The first-order chi connectivity index (χ1) is 12.9. The van der Waals surface area contributed by atoms with Gasteiger partial charge in [0.25, 0.3) is 0 Å². The minimum atomic E-state index is -0.0233. The number of carbonyl (C=O) groups excluding carboxylic acids is 1. The van der Waals surface area contributed by atoms with Gasteiger partial charge in [0.15, 0.2) is 0 Å². The van der Waals surface area contributed by atoms with Gasteiger partial charge in [-0.25, -0.2) is 0 Å². The second-order valence-electron chi connectivity index (χ2n) is 7.54. The number of likely N-dealkylation sites (tertiary alicyclic amines) is 1. The molecule has 2 aromatic rings. The lowest BCUT2D eigenvalue weighted by molar-refractivity contribution is -0.121. The summed E-state index contributed by atoms with van der Waals surface area (Å²) in [5, 5.41) is 4.43. The Morgan fingerprint density at radius 2 is 1.81 bits per heavy atom. The van der Waals surface area contributed by atoms with Crippen LogP contribution in [0.3, 0.4) is 0 Å². The second kappa shape index (κ2) is 9.09. The van der Waals surface area contributed by atoms with E-state index in [0.717, 1.165) is 37.2 Å². The monoisotopic (exact) mass is 404 g/mol. The molecule has 1 aliphatic rings. The first-order valence-corrected chi connectivity index (χ1v) is 10.3. The van der Waals surface area contributed by atoms with E-state index in [1.807, 2.05) is 30.3 Å². The first kappa shape index (κ1) is 20.2. The van der Waals surface area contributed by atoms with Crippen molar-refractivity contribution in [1.29, 1.82) is 0 Å². The maximum atomic E-state index is 12.7. The van der Waals surface area contributed by atoms with Crippen LogP contribution in [0, 0.1) is 5.92 Å². The fourth-order valence-corrected chi connectivity index (χ4v) is 4.03. The Balaban J connectivity index is 1.61. The van der Waals surface area contributed by atoms with Crippen molar-refractivity contribution in [3.05, 3.63) is 63.6 Å². The summed E-state index contributed by atoms with van der Waals surface area (Å²) in [6.45, 7) is 6.67. The molecule has 0 aromatic heterocycles. The Labute approximate surface area is 171 Å². The van der Waals surface area contributed by atoms with Gasteiger partial charge in [-0.15, -0.1) is 0 Å². The van der Waals surface area contributed by atoms with Crippen molar-refractivity contribution >= 4 is 34.8 Å². The molecule has 1 amide bonds. The van der Waals surface area contributed by atoms with Crippen LogP contribution in [0.25, 0.3) is 0 Å². The number of nitrogens with zero attached hydrogens (tertiary/aromatic N) is 1. The topological polar surface area (TPSA) is 32.3 Å². The van der Waals surface area contributed by atoms with Crippen LogP contribution in [0.4, 0.5) is 5.69 Å². The van der Waals surface area contributed by atoms with Crippen LogP contribution in [0.5, 0.6) is 0 Å². The molecular formula is C22H26Cl2N2O. The molecule has 27 heavy (non-hydrogen) atoms. The van der Waals surface area contributed by atoms with Gasteiger partial charge >= 0.3 is 0 Å². The van der Waals surface area contributed by atoms with Gasteiger partial charge in [-0.05, 0) is 55.1 Å². The van der Waals surface area contributed by atoms with Crippen LogP contribution < -0.4 is 5.32 Å². The minimum Gasteiger partial charge on any atom is -0.326 e. The number of rotatable bonds is 5. The molecule has 2 aromatic carbocycles. The van der Waals surface area contributed by atoms with Crippen LogP contribution in [0.1, 0.15) is 43.7 Å². The van der Waals surface area contributed by atoms with Crippen molar-refractivity contribution in [3.63, 3.8) is 0 Å². The highest BCUT2D eigenvalue weighted by Gasteiger charge is 2.26. The van der Waals surface area contributed by atoms with Crippen molar-refractivity contribution in [2.24, 2.45) is 5.92 Å². The number of anilines is 1. The molecule has 144 valence electrons. The number of hydrogen-bond acceptors (Lipinski definition) is 2. The Kier molecular flexibility index (Phi) is 6.80. The predicted octanol–water partition coefficient (Wildman–Crippen LogP) is 5.97. The summed E-state index contributed by atoms with van der Waals surface area (Å²) in [5.41, 5.74) is 3.07. The number of nitrogens with one attached hydrogen (secondary N) is 1. The van der Waals surface area contributed by atoms with Gasteiger partial charge in [0.1, 0.15) is 0 Å². The van der Waals surface area contributed by atoms with Gasteiger partial charge in [-0.2, -0.15) is 0 Å². The quantitative estimate of drug-likeness (QED) is 0.665. The highest BCUT2D eigenvalue weighted by Crippen LogP contribution is 2.28. The van der Waals surface area contributed by atoms with Gasteiger partial charge in [0.2, 0.25) is 5.91 Å². The lowest BCUT2D eigenvalue weighted by atomic mass is 9.96. The number of benzene rings is 2. The zero-order chi connectivity index (χ0) is 19.4. The molecule has 1 fully saturated rings. The van der Waals surface area contributed by atoms with E-state index in [-0.39, 0.29) is 11.8 Å². The van der Waals surface area contributed by atoms with Gasteiger partial charge in [0, 0.05) is 34.4 Å². The molecule has 0 unspecified atom stereocenters. The lowest BCUT2D eigenvalue weighted by Crippen LogP contribution is -2.40. The van der Waals surface area contributed by atoms with Gasteiger partial charge in [-0.1, -0.05) is 55.2 Å². The van der Waals surface area contributed by atoms with Crippen molar-refractivity contribution < 1.29 is 4.79 Å². The zero-order valence-electron chi connectivity index (χ0n) is 15.8. The van der Waals surface area contributed by atoms with Gasteiger partial charge in [0.05, 0.1) is 5.92 Å². The average molecular weight is 405 g/mol. The summed E-state index contributed by atoms with van der Waals surface area (Å²) in [6.07, 6.45) is 1.90. The molecule has 0 saturated carbocycles. The Bertz CT molecular complexity index is 769. The molecule has 1 aliphatic heterocycles. The molecule has 0 spiro atoms. The Hall–Kier alpha value is -1.55. The van der Waals surface area contributed by atoms with E-state index in [4.69, 9.17) is 23.2 Å². The normalized spacial score (nSPS) is 17.9. The highest BCUT2D eigenvalue weighted by atomic mass is 35.5. The second-order valence-corrected chi connectivity index (χ2v) is 8.35. The van der Waals surface area contributed by atoms with Crippen LogP contribution in [-0.2, 0) is 11.3 Å². The summed E-state index contributed by atoms with van der Waals surface area (Å²) in [5.74, 6) is 0.547. The van der Waals surface area contributed by atoms with Crippen molar-refractivity contribution in [3.8, 4) is 0 Å². The SMILES string of the molecule is CC(C)c1ccc(NC(=O)[C@@H]2CCCN(Cc3c(Cl)cccc3Cl)C2)cc1. The van der Waals surface area contributed by atoms with E-state index in [1.54, 1.807) is 0 Å². The smallest absolute Gasteiger partial charge is 0.228 e. The minimum absolute atomic E-state index is 0.0233. The number of piperidine rings is 1. The Morgan fingerprint density at radius 1 is 1.15 bits per heavy atom. The number of halogens is 2. The van der Waals surface area contributed by atoms with Crippen molar-refractivity contribution in [1.82, 2.24) is 4.90 Å². The van der Waals surface area contributed by atoms with E-state index in [1.165, 1.54) is 5.56 Å². The molecule has 3 rings (SSSR count). The van der Waals surface area contributed by atoms with Crippen LogP contribution >= 0.6 is 23.2 Å². The van der Waals surface area contributed by atoms with E-state index >= 15 is 0 Å². The molecule has 0 radical (unpaired) electrons. The van der Waals surface area contributed by atoms with E-state index in [9.17, 15) is 4.79 Å². The Morgan fingerprint density at radius 3 is 2.44 bits per heavy atom. The fourth-order valence-electron chi connectivity index (χ4n) is 3.52. The number of amides is 1. The van der Waals surface area contributed by atoms with E-state index in [0.29, 0.717) is 22.5 Å². The van der Waals surface area contributed by atoms with Crippen LogP contribution in [-0.4, -0.2) is 23.9 Å². The molecule has 1 N–H and O–H groups in total. The van der Waals surface area contributed by atoms with Crippen molar-refractivity contribution in [2.45, 2.75) is 39.2 Å². The molecule has 0 aliphatic carbocycles. The lowest BCUT2D eigenvalue weighted by Gasteiger charge is -2.32. The third kappa shape index (κ3) is 5.25. The molecule has 5 heteroatoms. The number of hydrogen-bond donors (Lipinski definition) is 1. The summed E-state index contributed by atoms with van der Waals surface area (Å²) >= 11 is 12.6. The molecule has 3 nitrogen and oxygen atoms in total. The summed E-state index contributed by atoms with van der Waals surface area (Å²) in [4.78, 5) is 15.0. The van der Waals surface area contributed by atoms with Crippen LogP contribution in [0.15, 0.2) is 42.5 Å². The van der Waals surface area contributed by atoms with Crippen LogP contribution in [0.2, 0.25) is 10.0 Å². The van der Waals surface area contributed by atoms with Crippen molar-refractivity contribution in [2.75, 3.05) is 18.4 Å². The average Bonchev–Trinajstić information content (AvgIpc) is 2.65. The van der Waals surface area contributed by atoms with Gasteiger partial charge < -0.3 is 5.32 Å². The molecule has 1 saturated heterocycles. The molecule has 1 atom stereocenters. The maximum Gasteiger partial charge on any atom is 0.228 e. The van der Waals surface area contributed by atoms with Gasteiger partial charge in [-0.3, -0.25) is 9.69 Å². The predicted molar refractivity (Wildman–Crippen MR) is 114 cm³/mol. The third-order valence-electron chi connectivity index (χ3n) is 5.16. The molecule has 0 bridgehead atoms. The molecular weight excluding hydrogens is 379 g/mol.